The fourth-order valence-electron chi connectivity index (χ4n) is 0.737. The minimum atomic E-state index is -0.787. The van der Waals surface area contributed by atoms with E-state index in [1.807, 2.05) is 6.92 Å². The summed E-state index contributed by atoms with van der Waals surface area (Å²) in [5.74, 6) is 0. The van der Waals surface area contributed by atoms with Crippen LogP contribution in [0.2, 0.25) is 0 Å². The third kappa shape index (κ3) is 8.86. The van der Waals surface area contributed by atoms with Crippen molar-refractivity contribution < 1.29 is 23.8 Å². The summed E-state index contributed by atoms with van der Waals surface area (Å²) in [7, 11) is 1.21. The van der Waals surface area contributed by atoms with Crippen molar-refractivity contribution >= 4 is 12.2 Å². The molecular formula is C9H17NO5. The molecule has 0 aromatic carbocycles. The lowest BCUT2D eigenvalue weighted by atomic mass is 10.3. The van der Waals surface area contributed by atoms with Crippen LogP contribution in [0.15, 0.2) is 0 Å². The van der Waals surface area contributed by atoms with E-state index in [-0.39, 0.29) is 13.2 Å². The van der Waals surface area contributed by atoms with Gasteiger partial charge >= 0.3 is 12.2 Å². The van der Waals surface area contributed by atoms with E-state index in [0.717, 1.165) is 12.8 Å². The maximum atomic E-state index is 10.9. The number of unbranched alkanes of at least 4 members (excludes halogenated alkanes) is 1. The van der Waals surface area contributed by atoms with Crippen molar-refractivity contribution in [2.45, 2.75) is 19.8 Å². The highest BCUT2D eigenvalue weighted by Crippen LogP contribution is 1.86. The van der Waals surface area contributed by atoms with E-state index in [1.54, 1.807) is 0 Å². The molecule has 0 bridgehead atoms. The highest BCUT2D eigenvalue weighted by atomic mass is 16.7. The van der Waals surface area contributed by atoms with Crippen molar-refractivity contribution in [2.24, 2.45) is 0 Å². The average Bonchev–Trinajstić information content (AvgIpc) is 2.24. The molecule has 1 N–H and O–H groups in total. The number of carbonyl (C=O) groups is 2. The van der Waals surface area contributed by atoms with Crippen molar-refractivity contribution in [3.05, 3.63) is 0 Å². The molecule has 0 rings (SSSR count). The second kappa shape index (κ2) is 9.11. The number of rotatable bonds is 6. The minimum absolute atomic E-state index is 0.00608. The van der Waals surface area contributed by atoms with Crippen LogP contribution in [0.4, 0.5) is 9.59 Å². The first kappa shape index (κ1) is 13.5. The predicted molar refractivity (Wildman–Crippen MR) is 52.6 cm³/mol. The maximum Gasteiger partial charge on any atom is 0.508 e. The number of carbonyl (C=O) groups excluding carboxylic acids is 2. The van der Waals surface area contributed by atoms with Gasteiger partial charge in [-0.3, -0.25) is 0 Å². The molecule has 15 heavy (non-hydrogen) atoms. The SMILES string of the molecule is CCCCNC(=O)OCCOC(=O)OC. The van der Waals surface area contributed by atoms with Gasteiger partial charge in [0.2, 0.25) is 0 Å². The van der Waals surface area contributed by atoms with Crippen molar-refractivity contribution in [3.63, 3.8) is 0 Å². The van der Waals surface area contributed by atoms with Gasteiger partial charge < -0.3 is 19.5 Å². The summed E-state index contributed by atoms with van der Waals surface area (Å²) in [6.07, 6.45) is 0.626. The van der Waals surface area contributed by atoms with E-state index < -0.39 is 12.2 Å². The molecule has 0 heterocycles. The number of hydrogen-bond donors (Lipinski definition) is 1. The zero-order valence-electron chi connectivity index (χ0n) is 9.08. The number of nitrogens with one attached hydrogen (secondary N) is 1. The lowest BCUT2D eigenvalue weighted by Crippen LogP contribution is -2.26. The Morgan fingerprint density at radius 2 is 1.87 bits per heavy atom. The van der Waals surface area contributed by atoms with E-state index in [9.17, 15) is 9.59 Å². The molecule has 1 amide bonds. The molecule has 0 saturated carbocycles. The quantitative estimate of drug-likeness (QED) is 0.538. The Hall–Kier alpha value is -1.46. The average molecular weight is 219 g/mol. The second-order valence-corrected chi connectivity index (χ2v) is 2.72. The van der Waals surface area contributed by atoms with Gasteiger partial charge in [0.1, 0.15) is 13.2 Å². The Balaban J connectivity index is 3.27. The first-order valence-electron chi connectivity index (χ1n) is 4.82. The third-order valence-electron chi connectivity index (χ3n) is 1.50. The molecule has 0 aliphatic heterocycles. The van der Waals surface area contributed by atoms with Crippen molar-refractivity contribution in [1.82, 2.24) is 5.32 Å². The van der Waals surface area contributed by atoms with E-state index in [2.05, 4.69) is 14.8 Å². The zero-order valence-corrected chi connectivity index (χ0v) is 9.08. The fraction of sp³-hybridized carbons (Fsp3) is 0.778. The van der Waals surface area contributed by atoms with Crippen LogP contribution in [0, 0.1) is 0 Å². The number of ether oxygens (including phenoxy) is 3. The van der Waals surface area contributed by atoms with Crippen LogP contribution < -0.4 is 5.32 Å². The molecule has 0 atom stereocenters. The van der Waals surface area contributed by atoms with Crippen molar-refractivity contribution in [2.75, 3.05) is 26.9 Å². The lowest BCUT2D eigenvalue weighted by molar-refractivity contribution is 0.0516. The smallest absolute Gasteiger partial charge is 0.446 e. The van der Waals surface area contributed by atoms with Gasteiger partial charge in [0.25, 0.3) is 0 Å². The summed E-state index contributed by atoms with van der Waals surface area (Å²) in [6, 6.07) is 0. The molecule has 0 spiro atoms. The van der Waals surface area contributed by atoms with Gasteiger partial charge in [-0.05, 0) is 6.42 Å². The van der Waals surface area contributed by atoms with Gasteiger partial charge in [-0.2, -0.15) is 0 Å². The normalized spacial score (nSPS) is 9.20. The Bertz CT molecular complexity index is 195. The van der Waals surface area contributed by atoms with Gasteiger partial charge in [0.05, 0.1) is 7.11 Å². The van der Waals surface area contributed by atoms with Gasteiger partial charge in [-0.1, -0.05) is 13.3 Å². The Kier molecular flexibility index (Phi) is 8.22. The van der Waals surface area contributed by atoms with Gasteiger partial charge in [-0.15, -0.1) is 0 Å². The standard InChI is InChI=1S/C9H17NO5/c1-3-4-5-10-8(11)14-6-7-15-9(12)13-2/h3-7H2,1-2H3,(H,10,11). The highest BCUT2D eigenvalue weighted by molar-refractivity contribution is 5.67. The molecule has 0 aliphatic carbocycles. The maximum absolute atomic E-state index is 10.9. The minimum Gasteiger partial charge on any atom is -0.446 e. The van der Waals surface area contributed by atoms with Gasteiger partial charge in [0.15, 0.2) is 0 Å². The summed E-state index contributed by atoms with van der Waals surface area (Å²) < 4.78 is 13.4. The second-order valence-electron chi connectivity index (χ2n) is 2.72. The van der Waals surface area contributed by atoms with Crippen LogP contribution in [-0.2, 0) is 14.2 Å². The molecule has 0 radical (unpaired) electrons. The molecule has 0 aliphatic rings. The van der Waals surface area contributed by atoms with Crippen LogP contribution >= 0.6 is 0 Å². The third-order valence-corrected chi connectivity index (χ3v) is 1.50. The van der Waals surface area contributed by atoms with Crippen molar-refractivity contribution in [3.8, 4) is 0 Å². The van der Waals surface area contributed by atoms with E-state index >= 15 is 0 Å². The topological polar surface area (TPSA) is 73.9 Å². The molecule has 0 aromatic heterocycles. The number of hydrogen-bond acceptors (Lipinski definition) is 5. The Labute approximate surface area is 88.9 Å². The fourth-order valence-corrected chi connectivity index (χ4v) is 0.737. The molecular weight excluding hydrogens is 202 g/mol. The summed E-state index contributed by atoms with van der Waals surface area (Å²) in [4.78, 5) is 21.4. The van der Waals surface area contributed by atoms with Crippen LogP contribution in [0.5, 0.6) is 0 Å². The van der Waals surface area contributed by atoms with E-state index in [1.165, 1.54) is 7.11 Å². The molecule has 6 nitrogen and oxygen atoms in total. The number of alkyl carbamates (subject to hydrolysis) is 1. The predicted octanol–water partition coefficient (Wildman–Crippen LogP) is 1.30. The molecule has 0 saturated heterocycles. The zero-order chi connectivity index (χ0) is 11.5. The van der Waals surface area contributed by atoms with Crippen LogP contribution in [0.3, 0.4) is 0 Å². The molecule has 0 unspecified atom stereocenters. The van der Waals surface area contributed by atoms with Crippen molar-refractivity contribution in [1.29, 1.82) is 0 Å². The highest BCUT2D eigenvalue weighted by Gasteiger charge is 2.02. The molecule has 0 aromatic rings. The van der Waals surface area contributed by atoms with Crippen LogP contribution in [0.1, 0.15) is 19.8 Å². The van der Waals surface area contributed by atoms with Crippen LogP contribution in [0.25, 0.3) is 0 Å². The van der Waals surface area contributed by atoms with Crippen LogP contribution in [-0.4, -0.2) is 39.1 Å². The largest absolute Gasteiger partial charge is 0.508 e. The summed E-state index contributed by atoms with van der Waals surface area (Å²) >= 11 is 0. The first-order valence-corrected chi connectivity index (χ1v) is 4.82. The van der Waals surface area contributed by atoms with E-state index in [0.29, 0.717) is 6.54 Å². The Morgan fingerprint density at radius 3 is 2.47 bits per heavy atom. The number of methoxy groups -OCH3 is 1. The van der Waals surface area contributed by atoms with Gasteiger partial charge in [-0.25, -0.2) is 9.59 Å². The summed E-state index contributed by atoms with van der Waals surface area (Å²) in [5.41, 5.74) is 0. The summed E-state index contributed by atoms with van der Waals surface area (Å²) in [6.45, 7) is 2.63. The molecule has 88 valence electrons. The summed E-state index contributed by atoms with van der Waals surface area (Å²) in [5, 5.41) is 2.55. The first-order chi connectivity index (χ1) is 7.20. The van der Waals surface area contributed by atoms with Gasteiger partial charge in [0, 0.05) is 6.54 Å². The molecule has 6 heteroatoms. The number of amides is 1. The van der Waals surface area contributed by atoms with E-state index in [4.69, 9.17) is 4.74 Å². The monoisotopic (exact) mass is 219 g/mol. The molecule has 0 fully saturated rings. The lowest BCUT2D eigenvalue weighted by Gasteiger charge is -2.06. The Morgan fingerprint density at radius 1 is 1.20 bits per heavy atom.